The molecular weight excluding hydrogens is 342 g/mol. The van der Waals surface area contributed by atoms with Gasteiger partial charge in [-0.15, -0.1) is 0 Å². The minimum atomic E-state index is -0.0764. The van der Waals surface area contributed by atoms with E-state index in [9.17, 15) is 9.59 Å². The second-order valence-electron chi connectivity index (χ2n) is 7.89. The second kappa shape index (κ2) is 8.40. The van der Waals surface area contributed by atoms with Crippen molar-refractivity contribution >= 4 is 11.8 Å². The van der Waals surface area contributed by atoms with E-state index >= 15 is 0 Å². The molecule has 146 valence electrons. The molecule has 0 aromatic heterocycles. The lowest BCUT2D eigenvalue weighted by Gasteiger charge is -2.28. The van der Waals surface area contributed by atoms with Crippen molar-refractivity contribution in [1.29, 1.82) is 0 Å². The standard InChI is InChI=1S/C21H29N3O3/c25-20(22-18-5-4-12-27-15-18)16-6-7-19-17(13-16)14-24(21(19)26)11-10-23-8-2-1-3-9-23/h6-7,13,18H,1-5,8-12,14-15H2,(H,22,25)/t18-/m0/s1. The summed E-state index contributed by atoms with van der Waals surface area (Å²) in [6.45, 7) is 5.95. The summed E-state index contributed by atoms with van der Waals surface area (Å²) in [5, 5.41) is 3.05. The van der Waals surface area contributed by atoms with E-state index in [1.54, 1.807) is 6.07 Å². The highest BCUT2D eigenvalue weighted by atomic mass is 16.5. The number of ether oxygens (including phenoxy) is 1. The summed E-state index contributed by atoms with van der Waals surface area (Å²) in [4.78, 5) is 29.6. The van der Waals surface area contributed by atoms with Gasteiger partial charge in [0, 0.05) is 37.4 Å². The van der Waals surface area contributed by atoms with E-state index in [4.69, 9.17) is 4.74 Å². The van der Waals surface area contributed by atoms with E-state index in [1.807, 2.05) is 17.0 Å². The molecule has 3 aliphatic rings. The highest BCUT2D eigenvalue weighted by Crippen LogP contribution is 2.24. The van der Waals surface area contributed by atoms with Crippen LogP contribution < -0.4 is 5.32 Å². The predicted octanol–water partition coefficient (Wildman–Crippen LogP) is 2.04. The molecule has 1 N–H and O–H groups in total. The third-order valence-corrected chi connectivity index (χ3v) is 5.88. The topological polar surface area (TPSA) is 61.9 Å². The summed E-state index contributed by atoms with van der Waals surface area (Å²) in [6, 6.07) is 5.55. The number of fused-ring (bicyclic) bond motifs is 1. The number of rotatable bonds is 5. The van der Waals surface area contributed by atoms with E-state index < -0.39 is 0 Å². The second-order valence-corrected chi connectivity index (χ2v) is 7.89. The molecule has 0 bridgehead atoms. The van der Waals surface area contributed by atoms with Crippen molar-refractivity contribution in [3.05, 3.63) is 34.9 Å². The minimum Gasteiger partial charge on any atom is -0.379 e. The summed E-state index contributed by atoms with van der Waals surface area (Å²) >= 11 is 0. The van der Waals surface area contributed by atoms with Gasteiger partial charge in [0.25, 0.3) is 11.8 Å². The Kier molecular flexibility index (Phi) is 5.74. The first-order chi connectivity index (χ1) is 13.2. The van der Waals surface area contributed by atoms with Crippen LogP contribution in [0.25, 0.3) is 0 Å². The molecule has 1 atom stereocenters. The van der Waals surface area contributed by atoms with Crippen molar-refractivity contribution in [2.75, 3.05) is 39.4 Å². The van der Waals surface area contributed by atoms with Crippen molar-refractivity contribution in [2.24, 2.45) is 0 Å². The largest absolute Gasteiger partial charge is 0.379 e. The van der Waals surface area contributed by atoms with Crippen LogP contribution in [0.5, 0.6) is 0 Å². The van der Waals surface area contributed by atoms with Crippen molar-refractivity contribution < 1.29 is 14.3 Å². The zero-order valence-electron chi connectivity index (χ0n) is 15.9. The molecule has 0 radical (unpaired) electrons. The fourth-order valence-electron chi connectivity index (χ4n) is 4.27. The highest BCUT2D eigenvalue weighted by molar-refractivity contribution is 6.01. The van der Waals surface area contributed by atoms with Crippen molar-refractivity contribution in [2.45, 2.75) is 44.7 Å². The van der Waals surface area contributed by atoms with Crippen LogP contribution in [0.4, 0.5) is 0 Å². The molecular formula is C21H29N3O3. The molecule has 6 nitrogen and oxygen atoms in total. The highest BCUT2D eigenvalue weighted by Gasteiger charge is 2.28. The molecule has 1 aromatic carbocycles. The van der Waals surface area contributed by atoms with Crippen LogP contribution in [0, 0.1) is 0 Å². The molecule has 0 spiro atoms. The summed E-state index contributed by atoms with van der Waals surface area (Å²) in [7, 11) is 0. The van der Waals surface area contributed by atoms with E-state index in [1.165, 1.54) is 19.3 Å². The minimum absolute atomic E-state index is 0.0764. The molecule has 0 saturated carbocycles. The van der Waals surface area contributed by atoms with E-state index in [-0.39, 0.29) is 17.9 Å². The summed E-state index contributed by atoms with van der Waals surface area (Å²) in [6.07, 6.45) is 5.79. The number of hydrogen-bond acceptors (Lipinski definition) is 4. The molecule has 2 fully saturated rings. The fraction of sp³-hybridized carbons (Fsp3) is 0.619. The zero-order valence-corrected chi connectivity index (χ0v) is 15.9. The SMILES string of the molecule is O=C(N[C@H]1CCCOC1)c1ccc2c(c1)CN(CCN1CCCCC1)C2=O. The third kappa shape index (κ3) is 4.33. The molecule has 0 unspecified atom stereocenters. The molecule has 2 saturated heterocycles. The fourth-order valence-corrected chi connectivity index (χ4v) is 4.27. The van der Waals surface area contributed by atoms with Crippen molar-refractivity contribution in [3.63, 3.8) is 0 Å². The molecule has 6 heteroatoms. The maximum atomic E-state index is 12.7. The van der Waals surface area contributed by atoms with Crippen molar-refractivity contribution in [3.8, 4) is 0 Å². The van der Waals surface area contributed by atoms with Gasteiger partial charge in [-0.25, -0.2) is 0 Å². The first-order valence-electron chi connectivity index (χ1n) is 10.2. The molecule has 27 heavy (non-hydrogen) atoms. The Labute approximate surface area is 160 Å². The Morgan fingerprint density at radius 2 is 2.00 bits per heavy atom. The number of nitrogens with one attached hydrogen (secondary N) is 1. The summed E-state index contributed by atoms with van der Waals surface area (Å²) in [5.41, 5.74) is 2.34. The van der Waals surface area contributed by atoms with Gasteiger partial charge in [0.15, 0.2) is 0 Å². The lowest BCUT2D eigenvalue weighted by molar-refractivity contribution is 0.0624. The van der Waals surface area contributed by atoms with Crippen LogP contribution in [0.3, 0.4) is 0 Å². The predicted molar refractivity (Wildman–Crippen MR) is 103 cm³/mol. The monoisotopic (exact) mass is 371 g/mol. The Bertz CT molecular complexity index is 694. The number of likely N-dealkylation sites (tertiary alicyclic amines) is 1. The van der Waals surface area contributed by atoms with Crippen LogP contribution in [-0.2, 0) is 11.3 Å². The van der Waals surface area contributed by atoms with Gasteiger partial charge in [0.05, 0.1) is 12.6 Å². The van der Waals surface area contributed by atoms with Crippen molar-refractivity contribution in [1.82, 2.24) is 15.1 Å². The van der Waals surface area contributed by atoms with Gasteiger partial charge in [-0.3, -0.25) is 9.59 Å². The summed E-state index contributed by atoms with van der Waals surface area (Å²) in [5.74, 6) is 0.0159. The number of piperidine rings is 1. The smallest absolute Gasteiger partial charge is 0.254 e. The molecule has 1 aromatic rings. The maximum Gasteiger partial charge on any atom is 0.254 e. The van der Waals surface area contributed by atoms with Gasteiger partial charge in [0.2, 0.25) is 0 Å². The first kappa shape index (κ1) is 18.4. The average molecular weight is 371 g/mol. The quantitative estimate of drug-likeness (QED) is 0.860. The molecule has 4 rings (SSSR count). The lowest BCUT2D eigenvalue weighted by atomic mass is 10.0. The van der Waals surface area contributed by atoms with Gasteiger partial charge < -0.3 is 19.9 Å². The lowest BCUT2D eigenvalue weighted by Crippen LogP contribution is -2.40. The number of hydrogen-bond donors (Lipinski definition) is 1. The molecule has 3 aliphatic heterocycles. The Morgan fingerprint density at radius 3 is 2.78 bits per heavy atom. The number of nitrogens with zero attached hydrogens (tertiary/aromatic N) is 2. The number of carbonyl (C=O) groups excluding carboxylic acids is 2. The molecule has 2 amide bonds. The Balaban J connectivity index is 1.35. The van der Waals surface area contributed by atoms with E-state index in [2.05, 4.69) is 10.2 Å². The Morgan fingerprint density at radius 1 is 1.15 bits per heavy atom. The summed E-state index contributed by atoms with van der Waals surface area (Å²) < 4.78 is 5.43. The number of carbonyl (C=O) groups is 2. The van der Waals surface area contributed by atoms with Gasteiger partial charge in [-0.05, 0) is 62.5 Å². The van der Waals surface area contributed by atoms with Crippen LogP contribution in [0.2, 0.25) is 0 Å². The molecule has 0 aliphatic carbocycles. The van der Waals surface area contributed by atoms with Gasteiger partial charge in [-0.2, -0.15) is 0 Å². The van der Waals surface area contributed by atoms with Crippen LogP contribution in [0.1, 0.15) is 58.4 Å². The van der Waals surface area contributed by atoms with Crippen LogP contribution >= 0.6 is 0 Å². The third-order valence-electron chi connectivity index (χ3n) is 5.88. The van der Waals surface area contributed by atoms with E-state index in [0.717, 1.165) is 56.8 Å². The van der Waals surface area contributed by atoms with E-state index in [0.29, 0.717) is 18.7 Å². The van der Waals surface area contributed by atoms with Crippen LogP contribution in [0.15, 0.2) is 18.2 Å². The normalized spacial score (nSPS) is 23.3. The maximum absolute atomic E-state index is 12.7. The zero-order chi connectivity index (χ0) is 18.6. The molecule has 3 heterocycles. The average Bonchev–Trinajstić information content (AvgIpc) is 3.03. The van der Waals surface area contributed by atoms with Crippen LogP contribution in [-0.4, -0.2) is 67.0 Å². The number of amides is 2. The van der Waals surface area contributed by atoms with Gasteiger partial charge in [0.1, 0.15) is 0 Å². The van der Waals surface area contributed by atoms with Gasteiger partial charge >= 0.3 is 0 Å². The van der Waals surface area contributed by atoms with Gasteiger partial charge in [-0.1, -0.05) is 6.42 Å². The Hall–Kier alpha value is -1.92. The number of benzene rings is 1. The first-order valence-corrected chi connectivity index (χ1v) is 10.2.